The van der Waals surface area contributed by atoms with E-state index in [9.17, 15) is 0 Å². The smallest absolute Gasteiger partial charge is 0.0692 e. The van der Waals surface area contributed by atoms with E-state index in [-0.39, 0.29) is 13.2 Å². The van der Waals surface area contributed by atoms with Crippen molar-refractivity contribution in [3.63, 3.8) is 0 Å². The van der Waals surface area contributed by atoms with Crippen molar-refractivity contribution >= 4 is 27.7 Å². The Morgan fingerprint density at radius 2 is 2.13 bits per heavy atom. The molecule has 0 fully saturated rings. The van der Waals surface area contributed by atoms with Crippen LogP contribution in [-0.4, -0.2) is 22.6 Å². The topological polar surface area (TPSA) is 40.5 Å². The maximum Gasteiger partial charge on any atom is 0.0692 e. The zero-order valence-electron chi connectivity index (χ0n) is 8.61. The largest absolute Gasteiger partial charge is 0.396 e. The van der Waals surface area contributed by atoms with Gasteiger partial charge in [0.1, 0.15) is 0 Å². The summed E-state index contributed by atoms with van der Waals surface area (Å²) in [5.41, 5.74) is 0.898. The highest BCUT2D eigenvalue weighted by atomic mass is 79.9. The van der Waals surface area contributed by atoms with E-state index < -0.39 is 0 Å². The summed E-state index contributed by atoms with van der Waals surface area (Å²) in [5, 5.41) is 17.9. The number of rotatable bonds is 5. The van der Waals surface area contributed by atoms with E-state index in [0.717, 1.165) is 20.7 Å². The fraction of sp³-hybridized carbons (Fsp3) is 0.455. The van der Waals surface area contributed by atoms with Crippen LogP contribution in [0.4, 0.5) is 0 Å². The molecule has 0 radical (unpaired) electrons. The van der Waals surface area contributed by atoms with Gasteiger partial charge in [0.05, 0.1) is 6.61 Å². The van der Waals surface area contributed by atoms with Crippen LogP contribution in [0.1, 0.15) is 12.5 Å². The van der Waals surface area contributed by atoms with Crippen LogP contribution in [0.2, 0.25) is 0 Å². The second kappa shape index (κ2) is 6.53. The number of hydrogen-bond acceptors (Lipinski definition) is 3. The standard InChI is InChI=1S/C11H15BrO2S/c1-8(5-13)7-15-10-3-2-9(6-14)11(12)4-10/h2-4,8,13-14H,5-7H2,1H3. The molecule has 0 heterocycles. The molecule has 0 saturated carbocycles. The molecule has 0 saturated heterocycles. The fourth-order valence-corrected chi connectivity index (χ4v) is 2.64. The van der Waals surface area contributed by atoms with Crippen molar-refractivity contribution < 1.29 is 10.2 Å². The first-order chi connectivity index (χ1) is 7.17. The Morgan fingerprint density at radius 1 is 1.40 bits per heavy atom. The lowest BCUT2D eigenvalue weighted by molar-refractivity contribution is 0.250. The molecule has 1 rings (SSSR count). The van der Waals surface area contributed by atoms with Crippen molar-refractivity contribution in [2.45, 2.75) is 18.4 Å². The van der Waals surface area contributed by atoms with Gasteiger partial charge in [-0.2, -0.15) is 0 Å². The minimum absolute atomic E-state index is 0.0541. The summed E-state index contributed by atoms with van der Waals surface area (Å²) < 4.78 is 0.937. The summed E-state index contributed by atoms with van der Waals surface area (Å²) >= 11 is 5.12. The van der Waals surface area contributed by atoms with Crippen molar-refractivity contribution in [3.8, 4) is 0 Å². The van der Waals surface area contributed by atoms with Gasteiger partial charge < -0.3 is 10.2 Å². The number of halogens is 1. The number of aliphatic hydroxyl groups is 2. The molecule has 0 aromatic heterocycles. The van der Waals surface area contributed by atoms with E-state index in [1.807, 2.05) is 25.1 Å². The highest BCUT2D eigenvalue weighted by molar-refractivity contribution is 9.10. The molecule has 84 valence electrons. The number of hydrogen-bond donors (Lipinski definition) is 2. The van der Waals surface area contributed by atoms with Crippen LogP contribution in [-0.2, 0) is 6.61 Å². The maximum atomic E-state index is 9.00. The molecule has 2 nitrogen and oxygen atoms in total. The first-order valence-corrected chi connectivity index (χ1v) is 6.58. The fourth-order valence-electron chi connectivity index (χ4n) is 1.04. The van der Waals surface area contributed by atoms with Crippen LogP contribution in [0.15, 0.2) is 27.6 Å². The van der Waals surface area contributed by atoms with Gasteiger partial charge >= 0.3 is 0 Å². The third-order valence-electron chi connectivity index (χ3n) is 2.04. The molecule has 0 aliphatic rings. The SMILES string of the molecule is CC(CO)CSc1ccc(CO)c(Br)c1. The highest BCUT2D eigenvalue weighted by Gasteiger charge is 2.04. The summed E-state index contributed by atoms with van der Waals surface area (Å²) in [4.78, 5) is 1.15. The molecule has 4 heteroatoms. The van der Waals surface area contributed by atoms with Crippen LogP contribution in [0.5, 0.6) is 0 Å². The van der Waals surface area contributed by atoms with Gasteiger partial charge in [-0.15, -0.1) is 11.8 Å². The van der Waals surface area contributed by atoms with E-state index in [1.54, 1.807) is 11.8 Å². The Morgan fingerprint density at radius 3 is 2.67 bits per heavy atom. The molecule has 0 spiro atoms. The molecule has 1 unspecified atom stereocenters. The van der Waals surface area contributed by atoms with Crippen molar-refractivity contribution in [3.05, 3.63) is 28.2 Å². The van der Waals surface area contributed by atoms with Gasteiger partial charge in [0.25, 0.3) is 0 Å². The van der Waals surface area contributed by atoms with Crippen molar-refractivity contribution in [1.29, 1.82) is 0 Å². The summed E-state index contributed by atoms with van der Waals surface area (Å²) in [6.07, 6.45) is 0. The van der Waals surface area contributed by atoms with Crippen LogP contribution in [0.25, 0.3) is 0 Å². The Balaban J connectivity index is 2.59. The zero-order chi connectivity index (χ0) is 11.3. The van der Waals surface area contributed by atoms with Gasteiger partial charge in [0, 0.05) is 21.7 Å². The Kier molecular flexibility index (Phi) is 5.68. The molecule has 2 N–H and O–H groups in total. The minimum atomic E-state index is 0.0541. The number of aliphatic hydroxyl groups excluding tert-OH is 2. The van der Waals surface area contributed by atoms with Crippen LogP contribution < -0.4 is 0 Å². The van der Waals surface area contributed by atoms with Crippen LogP contribution >= 0.6 is 27.7 Å². The Hall–Kier alpha value is -0.0300. The quantitative estimate of drug-likeness (QED) is 0.819. The number of benzene rings is 1. The van der Waals surface area contributed by atoms with Gasteiger partial charge in [0.2, 0.25) is 0 Å². The summed E-state index contributed by atoms with van der Waals surface area (Å²) in [7, 11) is 0. The van der Waals surface area contributed by atoms with E-state index in [4.69, 9.17) is 10.2 Å². The molecule has 0 aliphatic heterocycles. The van der Waals surface area contributed by atoms with Gasteiger partial charge in [-0.1, -0.05) is 28.9 Å². The monoisotopic (exact) mass is 290 g/mol. The van der Waals surface area contributed by atoms with Gasteiger partial charge in [-0.05, 0) is 23.6 Å². The van der Waals surface area contributed by atoms with E-state index in [2.05, 4.69) is 15.9 Å². The van der Waals surface area contributed by atoms with Gasteiger partial charge in [0.15, 0.2) is 0 Å². The molecular weight excluding hydrogens is 276 g/mol. The predicted octanol–water partition coefficient (Wildman–Crippen LogP) is 2.66. The predicted molar refractivity (Wildman–Crippen MR) is 67.0 cm³/mol. The van der Waals surface area contributed by atoms with E-state index in [1.165, 1.54) is 0 Å². The van der Waals surface area contributed by atoms with Crippen LogP contribution in [0, 0.1) is 5.92 Å². The lowest BCUT2D eigenvalue weighted by atomic mass is 10.2. The third-order valence-corrected chi connectivity index (χ3v) is 4.10. The molecule has 1 aromatic carbocycles. The van der Waals surface area contributed by atoms with Gasteiger partial charge in [-0.25, -0.2) is 0 Å². The molecule has 0 aliphatic carbocycles. The lowest BCUT2D eigenvalue weighted by Gasteiger charge is -2.08. The first kappa shape index (κ1) is 13.0. The minimum Gasteiger partial charge on any atom is -0.396 e. The molecule has 15 heavy (non-hydrogen) atoms. The normalized spacial score (nSPS) is 12.8. The van der Waals surface area contributed by atoms with Crippen molar-refractivity contribution in [2.24, 2.45) is 5.92 Å². The van der Waals surface area contributed by atoms with Crippen molar-refractivity contribution in [1.82, 2.24) is 0 Å². The van der Waals surface area contributed by atoms with Gasteiger partial charge in [-0.3, -0.25) is 0 Å². The second-order valence-corrected chi connectivity index (χ2v) is 5.46. The highest BCUT2D eigenvalue weighted by Crippen LogP contribution is 2.26. The average Bonchev–Trinajstić information content (AvgIpc) is 2.26. The zero-order valence-corrected chi connectivity index (χ0v) is 11.0. The van der Waals surface area contributed by atoms with Crippen molar-refractivity contribution in [2.75, 3.05) is 12.4 Å². The Bertz CT molecular complexity index is 317. The first-order valence-electron chi connectivity index (χ1n) is 4.80. The lowest BCUT2D eigenvalue weighted by Crippen LogP contribution is -2.03. The van der Waals surface area contributed by atoms with Crippen LogP contribution in [0.3, 0.4) is 0 Å². The average molecular weight is 291 g/mol. The van der Waals surface area contributed by atoms with E-state index in [0.29, 0.717) is 5.92 Å². The molecule has 1 aromatic rings. The van der Waals surface area contributed by atoms with E-state index >= 15 is 0 Å². The Labute approximate surface area is 103 Å². The summed E-state index contributed by atoms with van der Waals surface area (Å²) in [6.45, 7) is 2.30. The third kappa shape index (κ3) is 4.15. The molecule has 0 bridgehead atoms. The molecule has 0 amide bonds. The summed E-state index contributed by atoms with van der Waals surface area (Å²) in [6, 6.07) is 5.90. The maximum absolute atomic E-state index is 9.00. The number of thioether (sulfide) groups is 1. The second-order valence-electron chi connectivity index (χ2n) is 3.51. The molecular formula is C11H15BrO2S. The summed E-state index contributed by atoms with van der Waals surface area (Å²) in [5.74, 6) is 1.22. The molecule has 1 atom stereocenters.